The third-order valence-corrected chi connectivity index (χ3v) is 4.64. The van der Waals surface area contributed by atoms with Crippen molar-refractivity contribution in [2.45, 2.75) is 50.4 Å². The first-order valence-electron chi connectivity index (χ1n) is 8.09. The highest BCUT2D eigenvalue weighted by atomic mass is 32.2. The van der Waals surface area contributed by atoms with Gasteiger partial charge in [-0.05, 0) is 31.5 Å². The van der Waals surface area contributed by atoms with E-state index < -0.39 is 0 Å². The minimum absolute atomic E-state index is 0.104. The van der Waals surface area contributed by atoms with Gasteiger partial charge in [0.05, 0.1) is 5.56 Å². The van der Waals surface area contributed by atoms with E-state index in [0.717, 1.165) is 16.0 Å². The fraction of sp³-hybridized carbons (Fsp3) is 0.350. The number of hydrogen-bond acceptors (Lipinski definition) is 2. The number of benzene rings is 2. The molecule has 3 heteroatoms. The van der Waals surface area contributed by atoms with Crippen LogP contribution in [0.3, 0.4) is 0 Å². The monoisotopic (exact) mass is 327 g/mol. The smallest absolute Gasteiger partial charge is 0.255 e. The van der Waals surface area contributed by atoms with E-state index in [-0.39, 0.29) is 11.9 Å². The summed E-state index contributed by atoms with van der Waals surface area (Å²) in [6.07, 6.45) is 0. The Balaban J connectivity index is 2.28. The SMILES string of the molecule is CC(C)Sc1ccccc1C(=O)N(Cc1ccccc1)C(C)C. The summed E-state index contributed by atoms with van der Waals surface area (Å²) in [5, 5.41) is 0.450. The van der Waals surface area contributed by atoms with Gasteiger partial charge in [-0.25, -0.2) is 0 Å². The molecule has 0 N–H and O–H groups in total. The second kappa shape index (κ2) is 8.21. The zero-order valence-electron chi connectivity index (χ0n) is 14.3. The molecule has 1 amide bonds. The number of amides is 1. The highest BCUT2D eigenvalue weighted by Crippen LogP contribution is 2.28. The average molecular weight is 327 g/mol. The quantitative estimate of drug-likeness (QED) is 0.676. The normalized spacial score (nSPS) is 11.0. The van der Waals surface area contributed by atoms with Crippen LogP contribution in [0.1, 0.15) is 43.6 Å². The van der Waals surface area contributed by atoms with Crippen LogP contribution < -0.4 is 0 Å². The van der Waals surface area contributed by atoms with E-state index >= 15 is 0 Å². The van der Waals surface area contributed by atoms with Crippen molar-refractivity contribution in [1.82, 2.24) is 4.90 Å². The average Bonchev–Trinajstić information content (AvgIpc) is 2.52. The molecule has 0 bridgehead atoms. The van der Waals surface area contributed by atoms with Crippen LogP contribution in [0.4, 0.5) is 0 Å². The number of nitrogens with zero attached hydrogens (tertiary/aromatic N) is 1. The lowest BCUT2D eigenvalue weighted by atomic mass is 10.1. The van der Waals surface area contributed by atoms with Gasteiger partial charge in [-0.2, -0.15) is 0 Å². The van der Waals surface area contributed by atoms with Crippen LogP contribution in [-0.2, 0) is 6.54 Å². The van der Waals surface area contributed by atoms with E-state index in [0.29, 0.717) is 11.8 Å². The van der Waals surface area contributed by atoms with Crippen molar-refractivity contribution >= 4 is 17.7 Å². The van der Waals surface area contributed by atoms with Gasteiger partial charge < -0.3 is 4.90 Å². The van der Waals surface area contributed by atoms with Gasteiger partial charge in [0.25, 0.3) is 5.91 Å². The third kappa shape index (κ3) is 4.87. The molecule has 0 aliphatic heterocycles. The second-order valence-electron chi connectivity index (χ2n) is 6.18. The molecule has 2 rings (SSSR count). The topological polar surface area (TPSA) is 20.3 Å². The summed E-state index contributed by atoms with van der Waals surface area (Å²) in [7, 11) is 0. The standard InChI is InChI=1S/C20H25NOS/c1-15(2)21(14-17-10-6-5-7-11-17)20(22)18-12-8-9-13-19(18)23-16(3)4/h5-13,15-16H,14H2,1-4H3. The molecule has 0 unspecified atom stereocenters. The Kier molecular flexibility index (Phi) is 6.28. The number of thioether (sulfide) groups is 1. The molecule has 0 aromatic heterocycles. The molecular formula is C20H25NOS. The molecule has 0 saturated heterocycles. The second-order valence-corrected chi connectivity index (χ2v) is 7.79. The summed E-state index contributed by atoms with van der Waals surface area (Å²) >= 11 is 1.74. The molecule has 0 saturated carbocycles. The summed E-state index contributed by atoms with van der Waals surface area (Å²) in [6, 6.07) is 18.2. The molecular weight excluding hydrogens is 302 g/mol. The van der Waals surface area contributed by atoms with Crippen LogP contribution in [0, 0.1) is 0 Å². The fourth-order valence-electron chi connectivity index (χ4n) is 2.42. The van der Waals surface area contributed by atoms with E-state index in [9.17, 15) is 4.79 Å². The first kappa shape index (κ1) is 17.6. The highest BCUT2D eigenvalue weighted by molar-refractivity contribution is 8.00. The van der Waals surface area contributed by atoms with Crippen LogP contribution in [0.5, 0.6) is 0 Å². The van der Waals surface area contributed by atoms with E-state index in [2.05, 4.69) is 39.8 Å². The van der Waals surface area contributed by atoms with Gasteiger partial charge >= 0.3 is 0 Å². The van der Waals surface area contributed by atoms with Gasteiger partial charge in [0.2, 0.25) is 0 Å². The Hall–Kier alpha value is -1.74. The van der Waals surface area contributed by atoms with E-state index in [4.69, 9.17) is 0 Å². The van der Waals surface area contributed by atoms with Crippen LogP contribution in [0.25, 0.3) is 0 Å². The molecule has 0 heterocycles. The number of carbonyl (C=O) groups is 1. The van der Waals surface area contributed by atoms with Gasteiger partial charge in [0.15, 0.2) is 0 Å². The van der Waals surface area contributed by atoms with Crippen molar-refractivity contribution < 1.29 is 4.79 Å². The lowest BCUT2D eigenvalue weighted by molar-refractivity contribution is 0.0687. The first-order chi connectivity index (χ1) is 11.0. The molecule has 0 radical (unpaired) electrons. The van der Waals surface area contributed by atoms with Gasteiger partial charge in [-0.15, -0.1) is 11.8 Å². The molecule has 0 aliphatic rings. The summed E-state index contributed by atoms with van der Waals surface area (Å²) < 4.78 is 0. The summed E-state index contributed by atoms with van der Waals surface area (Å²) in [5.41, 5.74) is 1.96. The first-order valence-corrected chi connectivity index (χ1v) is 8.97. The largest absolute Gasteiger partial charge is 0.332 e. The van der Waals surface area contributed by atoms with Gasteiger partial charge in [0.1, 0.15) is 0 Å². The number of rotatable bonds is 6. The molecule has 0 spiro atoms. The van der Waals surface area contributed by atoms with Crippen LogP contribution in [-0.4, -0.2) is 22.1 Å². The molecule has 0 fully saturated rings. The minimum atomic E-state index is 0.104. The molecule has 23 heavy (non-hydrogen) atoms. The van der Waals surface area contributed by atoms with Crippen molar-refractivity contribution in [3.05, 3.63) is 65.7 Å². The van der Waals surface area contributed by atoms with E-state index in [1.165, 1.54) is 0 Å². The van der Waals surface area contributed by atoms with Crippen LogP contribution >= 0.6 is 11.8 Å². The van der Waals surface area contributed by atoms with E-state index in [1.54, 1.807) is 11.8 Å². The summed E-state index contributed by atoms with van der Waals surface area (Å²) in [6.45, 7) is 9.07. The van der Waals surface area contributed by atoms with Crippen molar-refractivity contribution in [2.75, 3.05) is 0 Å². The summed E-state index contributed by atoms with van der Waals surface area (Å²) in [5.74, 6) is 0.104. The van der Waals surface area contributed by atoms with Crippen molar-refractivity contribution in [3.63, 3.8) is 0 Å². The fourth-order valence-corrected chi connectivity index (χ4v) is 3.37. The molecule has 0 atom stereocenters. The highest BCUT2D eigenvalue weighted by Gasteiger charge is 2.21. The molecule has 0 aliphatic carbocycles. The number of hydrogen-bond donors (Lipinski definition) is 0. The molecule has 2 nitrogen and oxygen atoms in total. The zero-order valence-corrected chi connectivity index (χ0v) is 15.1. The van der Waals surface area contributed by atoms with Crippen LogP contribution in [0.15, 0.2) is 59.5 Å². The third-order valence-electron chi connectivity index (χ3n) is 3.56. The lowest BCUT2D eigenvalue weighted by Gasteiger charge is -2.28. The Morgan fingerprint density at radius 2 is 1.57 bits per heavy atom. The van der Waals surface area contributed by atoms with Crippen molar-refractivity contribution in [3.8, 4) is 0 Å². The lowest BCUT2D eigenvalue weighted by Crippen LogP contribution is -2.36. The predicted octanol–water partition coefficient (Wildman–Crippen LogP) is 5.24. The van der Waals surface area contributed by atoms with Gasteiger partial charge in [-0.3, -0.25) is 4.79 Å². The molecule has 2 aromatic carbocycles. The van der Waals surface area contributed by atoms with E-state index in [1.807, 2.05) is 47.4 Å². The van der Waals surface area contributed by atoms with Crippen LogP contribution in [0.2, 0.25) is 0 Å². The predicted molar refractivity (Wildman–Crippen MR) is 98.9 cm³/mol. The zero-order chi connectivity index (χ0) is 16.8. The maximum absolute atomic E-state index is 13.1. The van der Waals surface area contributed by atoms with Gasteiger partial charge in [0, 0.05) is 22.7 Å². The Bertz CT molecular complexity index is 637. The summed E-state index contributed by atoms with van der Waals surface area (Å²) in [4.78, 5) is 16.1. The van der Waals surface area contributed by atoms with Gasteiger partial charge in [-0.1, -0.05) is 56.3 Å². The molecule has 2 aromatic rings. The van der Waals surface area contributed by atoms with Crippen molar-refractivity contribution in [2.24, 2.45) is 0 Å². The Labute approximate surface area is 143 Å². The maximum Gasteiger partial charge on any atom is 0.255 e. The minimum Gasteiger partial charge on any atom is -0.332 e. The maximum atomic E-state index is 13.1. The number of carbonyl (C=O) groups excluding carboxylic acids is 1. The molecule has 122 valence electrons. The van der Waals surface area contributed by atoms with Crippen molar-refractivity contribution in [1.29, 1.82) is 0 Å². The Morgan fingerprint density at radius 3 is 2.17 bits per heavy atom. The Morgan fingerprint density at radius 1 is 0.957 bits per heavy atom.